The van der Waals surface area contributed by atoms with Crippen LogP contribution >= 0.6 is 15.9 Å². The van der Waals surface area contributed by atoms with Gasteiger partial charge in [0.2, 0.25) is 5.91 Å². The molecule has 1 amide bonds. The molecule has 3 aromatic carbocycles. The molecule has 1 aromatic heterocycles. The summed E-state index contributed by atoms with van der Waals surface area (Å²) in [6.45, 7) is 1.73. The lowest BCUT2D eigenvalue weighted by molar-refractivity contribution is -0.384. The van der Waals surface area contributed by atoms with Crippen molar-refractivity contribution in [3.05, 3.63) is 109 Å². The van der Waals surface area contributed by atoms with E-state index in [1.807, 2.05) is 48.5 Å². The Morgan fingerprint density at radius 3 is 2.61 bits per heavy atom. The van der Waals surface area contributed by atoms with E-state index in [9.17, 15) is 19.7 Å². The monoisotopic (exact) mass is 544 g/mol. The number of rotatable bonds is 5. The molecule has 2 heterocycles. The third-order valence-corrected chi connectivity index (χ3v) is 6.75. The molecule has 36 heavy (non-hydrogen) atoms. The molecular formula is C27H21BrN4O4. The van der Waals surface area contributed by atoms with Crippen LogP contribution in [0.15, 0.2) is 87.2 Å². The molecule has 0 aliphatic carbocycles. The Morgan fingerprint density at radius 1 is 1.11 bits per heavy atom. The van der Waals surface area contributed by atoms with Crippen LogP contribution in [0.25, 0.3) is 22.0 Å². The number of carbonyl (C=O) groups excluding carboxylic acids is 1. The Kier molecular flexibility index (Phi) is 6.24. The maximum Gasteiger partial charge on any atom is 0.269 e. The topological polar surface area (TPSA) is 109 Å². The minimum atomic E-state index is -0.562. The largest absolute Gasteiger partial charge is 0.321 e. The van der Waals surface area contributed by atoms with Gasteiger partial charge in [-0.3, -0.25) is 19.7 Å². The van der Waals surface area contributed by atoms with E-state index in [1.165, 1.54) is 17.1 Å². The minimum absolute atomic E-state index is 0.0665. The molecule has 0 unspecified atom stereocenters. The van der Waals surface area contributed by atoms with Crippen molar-refractivity contribution in [2.24, 2.45) is 5.10 Å². The predicted molar refractivity (Wildman–Crippen MR) is 142 cm³/mol. The second kappa shape index (κ2) is 9.50. The number of nitro benzene ring substituents is 1. The summed E-state index contributed by atoms with van der Waals surface area (Å²) in [6.07, 6.45) is 0.449. The number of hydrogen-bond acceptors (Lipinski definition) is 5. The highest BCUT2D eigenvalue weighted by atomic mass is 79.9. The number of nitrogens with zero attached hydrogens (tertiary/aromatic N) is 3. The number of H-pyrrole nitrogens is 1. The zero-order valence-corrected chi connectivity index (χ0v) is 20.9. The van der Waals surface area contributed by atoms with E-state index in [0.717, 1.165) is 21.0 Å². The summed E-state index contributed by atoms with van der Waals surface area (Å²) < 4.78 is 0.857. The van der Waals surface area contributed by atoms with E-state index in [1.54, 1.807) is 19.1 Å². The average molecular weight is 545 g/mol. The lowest BCUT2D eigenvalue weighted by Gasteiger charge is -2.21. The number of non-ortho nitro benzene ring substituents is 1. The van der Waals surface area contributed by atoms with Crippen LogP contribution in [0.3, 0.4) is 0 Å². The van der Waals surface area contributed by atoms with Crippen molar-refractivity contribution in [2.75, 3.05) is 0 Å². The number of nitrogens with one attached hydrogen (secondary N) is 1. The van der Waals surface area contributed by atoms with Gasteiger partial charge >= 0.3 is 0 Å². The number of halogens is 1. The average Bonchev–Trinajstić information content (AvgIpc) is 3.33. The van der Waals surface area contributed by atoms with Gasteiger partial charge in [-0.25, -0.2) is 5.01 Å². The molecule has 9 heteroatoms. The van der Waals surface area contributed by atoms with Crippen molar-refractivity contribution < 1.29 is 9.72 Å². The summed E-state index contributed by atoms with van der Waals surface area (Å²) in [5.41, 5.74) is 3.29. The number of hydrogen-bond donors (Lipinski definition) is 1. The number of aromatic amines is 1. The van der Waals surface area contributed by atoms with Crippen molar-refractivity contribution in [3.63, 3.8) is 0 Å². The number of fused-ring (bicyclic) bond motifs is 1. The van der Waals surface area contributed by atoms with Gasteiger partial charge in [0.05, 0.1) is 22.2 Å². The fourth-order valence-corrected chi connectivity index (χ4v) is 4.96. The summed E-state index contributed by atoms with van der Waals surface area (Å²) in [7, 11) is 0. The zero-order valence-electron chi connectivity index (χ0n) is 19.3. The molecule has 0 spiro atoms. The highest BCUT2D eigenvalue weighted by molar-refractivity contribution is 9.10. The first-order valence-electron chi connectivity index (χ1n) is 11.4. The third-order valence-electron chi connectivity index (χ3n) is 6.26. The quantitative estimate of drug-likeness (QED) is 0.247. The number of pyridine rings is 1. The van der Waals surface area contributed by atoms with Crippen LogP contribution in [0.5, 0.6) is 0 Å². The molecule has 0 saturated carbocycles. The molecule has 4 aromatic rings. The third kappa shape index (κ3) is 4.22. The number of hydrazone groups is 1. The summed E-state index contributed by atoms with van der Waals surface area (Å²) in [6, 6.07) is 20.9. The van der Waals surface area contributed by atoms with Crippen LogP contribution in [0.4, 0.5) is 5.69 Å². The molecule has 0 radical (unpaired) electrons. The Labute approximate surface area is 214 Å². The van der Waals surface area contributed by atoms with Gasteiger partial charge in [-0.2, -0.15) is 5.10 Å². The van der Waals surface area contributed by atoms with Crippen LogP contribution in [0, 0.1) is 10.1 Å². The molecule has 1 N–H and O–H groups in total. The Balaban J connectivity index is 1.73. The molecule has 5 rings (SSSR count). The van der Waals surface area contributed by atoms with E-state index in [2.05, 4.69) is 26.0 Å². The summed E-state index contributed by atoms with van der Waals surface area (Å²) in [5.74, 6) is -0.234. The van der Waals surface area contributed by atoms with Crippen LogP contribution in [-0.4, -0.2) is 26.5 Å². The molecular weight excluding hydrogens is 524 g/mol. The van der Waals surface area contributed by atoms with Gasteiger partial charge in [-0.1, -0.05) is 65.3 Å². The number of aromatic nitrogens is 1. The molecule has 0 saturated heterocycles. The number of carbonyl (C=O) groups is 1. The van der Waals surface area contributed by atoms with Crippen molar-refractivity contribution in [3.8, 4) is 11.1 Å². The van der Waals surface area contributed by atoms with E-state index in [4.69, 9.17) is 0 Å². The van der Waals surface area contributed by atoms with Crippen molar-refractivity contribution in [2.45, 2.75) is 25.8 Å². The molecule has 0 bridgehead atoms. The Morgan fingerprint density at radius 2 is 1.89 bits per heavy atom. The lowest BCUT2D eigenvalue weighted by Crippen LogP contribution is -2.26. The molecule has 1 aliphatic heterocycles. The molecule has 8 nitrogen and oxygen atoms in total. The van der Waals surface area contributed by atoms with Gasteiger partial charge in [0.25, 0.3) is 11.2 Å². The first kappa shape index (κ1) is 23.6. The smallest absolute Gasteiger partial charge is 0.269 e. The molecule has 180 valence electrons. The van der Waals surface area contributed by atoms with E-state index < -0.39 is 11.0 Å². The van der Waals surface area contributed by atoms with Gasteiger partial charge in [0, 0.05) is 45.9 Å². The molecule has 1 aliphatic rings. The Bertz CT molecular complexity index is 1600. The fourth-order valence-electron chi connectivity index (χ4n) is 4.60. The van der Waals surface area contributed by atoms with Crippen molar-refractivity contribution >= 4 is 44.1 Å². The molecule has 1 atom stereocenters. The van der Waals surface area contributed by atoms with Gasteiger partial charge < -0.3 is 4.98 Å². The second-order valence-corrected chi connectivity index (χ2v) is 9.39. The van der Waals surface area contributed by atoms with Gasteiger partial charge in [0.1, 0.15) is 0 Å². The second-order valence-electron chi connectivity index (χ2n) is 8.47. The maximum atomic E-state index is 13.5. The highest BCUT2D eigenvalue weighted by Gasteiger charge is 2.35. The first-order chi connectivity index (χ1) is 17.4. The summed E-state index contributed by atoms with van der Waals surface area (Å²) >= 11 is 3.53. The SMILES string of the molecule is CCC(=O)N1N=C(c2c(-c3ccccc3)c3cc(Br)ccc3[nH]c2=O)C[C@H]1c1cccc([N+](=O)[O-])c1. The zero-order chi connectivity index (χ0) is 25.4. The summed E-state index contributed by atoms with van der Waals surface area (Å²) in [4.78, 5) is 40.2. The van der Waals surface area contributed by atoms with E-state index >= 15 is 0 Å². The van der Waals surface area contributed by atoms with Crippen molar-refractivity contribution in [1.82, 2.24) is 9.99 Å². The predicted octanol–water partition coefficient (Wildman–Crippen LogP) is 5.95. The van der Waals surface area contributed by atoms with Crippen LogP contribution < -0.4 is 5.56 Å². The van der Waals surface area contributed by atoms with Crippen LogP contribution in [0.1, 0.15) is 36.9 Å². The first-order valence-corrected chi connectivity index (χ1v) is 12.2. The minimum Gasteiger partial charge on any atom is -0.321 e. The van der Waals surface area contributed by atoms with Gasteiger partial charge in [-0.05, 0) is 29.3 Å². The van der Waals surface area contributed by atoms with Crippen LogP contribution in [-0.2, 0) is 4.79 Å². The standard InChI is InChI=1S/C27H21BrN4O4/c1-2-24(33)31-23(17-9-6-10-19(13-17)32(35)36)15-22(30-31)26-25(16-7-4-3-5-8-16)20-14-18(28)11-12-21(20)29-27(26)34/h3-14,23H,2,15H2,1H3,(H,29,34)/t23-/m0/s1. The fraction of sp³-hybridized carbons (Fsp3) is 0.148. The van der Waals surface area contributed by atoms with Crippen molar-refractivity contribution in [1.29, 1.82) is 0 Å². The number of benzene rings is 3. The number of amides is 1. The van der Waals surface area contributed by atoms with Gasteiger partial charge in [-0.15, -0.1) is 0 Å². The van der Waals surface area contributed by atoms with Gasteiger partial charge in [0.15, 0.2) is 0 Å². The maximum absolute atomic E-state index is 13.5. The summed E-state index contributed by atoms with van der Waals surface area (Å²) in [5, 5.41) is 18.2. The highest BCUT2D eigenvalue weighted by Crippen LogP contribution is 2.38. The van der Waals surface area contributed by atoms with Crippen LogP contribution in [0.2, 0.25) is 0 Å². The van der Waals surface area contributed by atoms with E-state index in [-0.39, 0.29) is 30.0 Å². The Hall–Kier alpha value is -4.11. The van der Waals surface area contributed by atoms with E-state index in [0.29, 0.717) is 22.4 Å². The molecule has 0 fully saturated rings. The normalized spacial score (nSPS) is 15.2. The lowest BCUT2D eigenvalue weighted by atomic mass is 9.91. The number of nitro groups is 1.